The first-order chi connectivity index (χ1) is 14.0. The van der Waals surface area contributed by atoms with E-state index in [0.717, 1.165) is 18.4 Å². The van der Waals surface area contributed by atoms with Crippen LogP contribution >= 0.6 is 11.3 Å². The van der Waals surface area contributed by atoms with Crippen LogP contribution in [0.15, 0.2) is 29.6 Å². The van der Waals surface area contributed by atoms with Crippen molar-refractivity contribution in [1.29, 1.82) is 0 Å². The third kappa shape index (κ3) is 5.14. The minimum atomic E-state index is -0.653. The molecular formula is C21H23NO6S. The maximum Gasteiger partial charge on any atom is 0.342 e. The van der Waals surface area contributed by atoms with E-state index in [9.17, 15) is 14.4 Å². The van der Waals surface area contributed by atoms with Crippen LogP contribution in [0.1, 0.15) is 58.9 Å². The molecule has 0 aliphatic heterocycles. The van der Waals surface area contributed by atoms with Gasteiger partial charge in [0.25, 0.3) is 5.91 Å². The van der Waals surface area contributed by atoms with Crippen LogP contribution in [-0.2, 0) is 14.3 Å². The predicted octanol–water partition coefficient (Wildman–Crippen LogP) is 4.00. The van der Waals surface area contributed by atoms with Crippen molar-refractivity contribution in [2.45, 2.75) is 32.6 Å². The number of rotatable bonds is 9. The Morgan fingerprint density at radius 1 is 1.07 bits per heavy atom. The van der Waals surface area contributed by atoms with Gasteiger partial charge in [-0.25, -0.2) is 9.59 Å². The van der Waals surface area contributed by atoms with Crippen molar-refractivity contribution in [1.82, 2.24) is 0 Å². The van der Waals surface area contributed by atoms with Crippen molar-refractivity contribution >= 4 is 34.2 Å². The molecule has 154 valence electrons. The third-order valence-electron chi connectivity index (χ3n) is 4.31. The lowest BCUT2D eigenvalue weighted by molar-refractivity contribution is -0.119. The first-order valence-corrected chi connectivity index (χ1v) is 10.4. The Balaban J connectivity index is 1.64. The Bertz CT molecular complexity index is 902. The number of esters is 2. The fourth-order valence-corrected chi connectivity index (χ4v) is 3.91. The molecule has 0 atom stereocenters. The number of benzene rings is 1. The summed E-state index contributed by atoms with van der Waals surface area (Å²) in [5, 5.41) is 4.97. The summed E-state index contributed by atoms with van der Waals surface area (Å²) in [4.78, 5) is 37.0. The van der Waals surface area contributed by atoms with Crippen molar-refractivity contribution in [2.75, 3.05) is 25.1 Å². The van der Waals surface area contributed by atoms with E-state index in [0.29, 0.717) is 28.8 Å². The summed E-state index contributed by atoms with van der Waals surface area (Å²) in [7, 11) is 0. The van der Waals surface area contributed by atoms with Gasteiger partial charge in [-0.05, 0) is 55.7 Å². The highest BCUT2D eigenvalue weighted by atomic mass is 32.1. The summed E-state index contributed by atoms with van der Waals surface area (Å²) in [6.45, 7) is 3.73. The normalized spacial score (nSPS) is 12.9. The van der Waals surface area contributed by atoms with Gasteiger partial charge < -0.3 is 19.5 Å². The van der Waals surface area contributed by atoms with E-state index in [-0.39, 0.29) is 12.2 Å². The smallest absolute Gasteiger partial charge is 0.342 e. The summed E-state index contributed by atoms with van der Waals surface area (Å²) < 4.78 is 15.7. The molecule has 1 aliphatic carbocycles. The van der Waals surface area contributed by atoms with E-state index in [1.165, 1.54) is 11.3 Å². The molecule has 8 heteroatoms. The van der Waals surface area contributed by atoms with Crippen LogP contribution in [0, 0.1) is 0 Å². The van der Waals surface area contributed by atoms with Crippen molar-refractivity contribution < 1.29 is 28.6 Å². The number of ether oxygens (including phenoxy) is 3. The van der Waals surface area contributed by atoms with Gasteiger partial charge in [0.05, 0.1) is 18.8 Å². The van der Waals surface area contributed by atoms with E-state index in [2.05, 4.69) is 5.32 Å². The van der Waals surface area contributed by atoms with E-state index < -0.39 is 24.5 Å². The Hall–Kier alpha value is -2.87. The largest absolute Gasteiger partial charge is 0.493 e. The number of thiophene rings is 1. The molecule has 1 aromatic carbocycles. The van der Waals surface area contributed by atoms with Crippen molar-refractivity contribution in [3.63, 3.8) is 0 Å². The molecule has 0 radical (unpaired) electrons. The molecule has 1 aromatic heterocycles. The fraction of sp³-hybridized carbons (Fsp3) is 0.381. The molecule has 29 heavy (non-hydrogen) atoms. The maximum atomic E-state index is 12.3. The topological polar surface area (TPSA) is 90.9 Å². The molecule has 1 aliphatic rings. The number of hydrogen-bond acceptors (Lipinski definition) is 7. The zero-order valence-electron chi connectivity index (χ0n) is 16.4. The lowest BCUT2D eigenvalue weighted by atomic mass is 10.1. The molecule has 7 nitrogen and oxygen atoms in total. The van der Waals surface area contributed by atoms with Gasteiger partial charge in [0, 0.05) is 0 Å². The summed E-state index contributed by atoms with van der Waals surface area (Å²) >= 11 is 1.27. The van der Waals surface area contributed by atoms with E-state index in [1.54, 1.807) is 31.2 Å². The predicted molar refractivity (Wildman–Crippen MR) is 109 cm³/mol. The van der Waals surface area contributed by atoms with Crippen molar-refractivity contribution in [2.24, 2.45) is 0 Å². The van der Waals surface area contributed by atoms with Crippen LogP contribution in [-0.4, -0.2) is 37.7 Å². The Kier molecular flexibility index (Phi) is 6.87. The molecule has 0 unspecified atom stereocenters. The SMILES string of the molecule is CCOC(=O)c1c(C2CC2)csc1NC(=O)COC(=O)c1ccccc1OCC. The zero-order valence-corrected chi connectivity index (χ0v) is 17.2. The lowest BCUT2D eigenvalue weighted by Crippen LogP contribution is -2.22. The average molecular weight is 417 g/mol. The number of anilines is 1. The van der Waals surface area contributed by atoms with E-state index in [4.69, 9.17) is 14.2 Å². The standard InChI is InChI=1S/C21H23NO6S/c1-3-26-16-8-6-5-7-14(16)20(24)28-11-17(23)22-19-18(21(25)27-4-2)15(12-29-19)13-9-10-13/h5-8,12-13H,3-4,9-11H2,1-2H3,(H,22,23). The second-order valence-corrected chi connectivity index (χ2v) is 7.32. The van der Waals surface area contributed by atoms with E-state index >= 15 is 0 Å². The molecule has 0 bridgehead atoms. The van der Waals surface area contributed by atoms with Gasteiger partial charge in [-0.3, -0.25) is 4.79 Å². The Labute approximate surface area is 173 Å². The minimum Gasteiger partial charge on any atom is -0.493 e. The van der Waals surface area contributed by atoms with Crippen LogP contribution in [0.4, 0.5) is 5.00 Å². The van der Waals surface area contributed by atoms with E-state index in [1.807, 2.05) is 12.3 Å². The molecule has 0 saturated heterocycles. The van der Waals surface area contributed by atoms with Gasteiger partial charge in [-0.15, -0.1) is 11.3 Å². The summed E-state index contributed by atoms with van der Waals surface area (Å²) in [5.41, 5.74) is 1.56. The second kappa shape index (κ2) is 9.56. The van der Waals surface area contributed by atoms with Gasteiger partial charge >= 0.3 is 11.9 Å². The Morgan fingerprint density at radius 2 is 1.83 bits per heavy atom. The highest BCUT2D eigenvalue weighted by molar-refractivity contribution is 7.15. The number of carbonyl (C=O) groups is 3. The molecule has 1 N–H and O–H groups in total. The van der Waals surface area contributed by atoms with Crippen molar-refractivity contribution in [3.05, 3.63) is 46.3 Å². The summed E-state index contributed by atoms with van der Waals surface area (Å²) in [6, 6.07) is 6.68. The van der Waals surface area contributed by atoms with Gasteiger partial charge in [0.1, 0.15) is 16.3 Å². The van der Waals surface area contributed by atoms with Crippen LogP contribution < -0.4 is 10.1 Å². The number of hydrogen-bond donors (Lipinski definition) is 1. The van der Waals surface area contributed by atoms with Gasteiger partial charge in [0.15, 0.2) is 6.61 Å². The quantitative estimate of drug-likeness (QED) is 0.620. The van der Waals surface area contributed by atoms with Crippen LogP contribution in [0.5, 0.6) is 5.75 Å². The minimum absolute atomic E-state index is 0.251. The average Bonchev–Trinajstić information content (AvgIpc) is 3.47. The number of carbonyl (C=O) groups excluding carboxylic acids is 3. The Morgan fingerprint density at radius 3 is 2.52 bits per heavy atom. The monoisotopic (exact) mass is 417 g/mol. The molecule has 2 aromatic rings. The number of para-hydroxylation sites is 1. The number of nitrogens with one attached hydrogen (secondary N) is 1. The lowest BCUT2D eigenvalue weighted by Gasteiger charge is -2.10. The fourth-order valence-electron chi connectivity index (χ4n) is 2.86. The molecule has 1 saturated carbocycles. The van der Waals surface area contributed by atoms with Crippen LogP contribution in [0.25, 0.3) is 0 Å². The van der Waals surface area contributed by atoms with Gasteiger partial charge in [-0.2, -0.15) is 0 Å². The zero-order chi connectivity index (χ0) is 20.8. The van der Waals surface area contributed by atoms with Crippen molar-refractivity contribution in [3.8, 4) is 5.75 Å². The maximum absolute atomic E-state index is 12.3. The van der Waals surface area contributed by atoms with Gasteiger partial charge in [-0.1, -0.05) is 12.1 Å². The molecule has 3 rings (SSSR count). The third-order valence-corrected chi connectivity index (χ3v) is 5.22. The molecule has 0 spiro atoms. The summed E-state index contributed by atoms with van der Waals surface area (Å²) in [6.07, 6.45) is 2.04. The van der Waals surface area contributed by atoms with Gasteiger partial charge in [0.2, 0.25) is 0 Å². The summed E-state index contributed by atoms with van der Waals surface area (Å²) in [5.74, 6) is -0.892. The molecular weight excluding hydrogens is 394 g/mol. The first kappa shape index (κ1) is 20.9. The number of amides is 1. The molecule has 1 heterocycles. The highest BCUT2D eigenvalue weighted by Crippen LogP contribution is 2.46. The van der Waals surface area contributed by atoms with Crippen LogP contribution in [0.3, 0.4) is 0 Å². The molecule has 1 amide bonds. The second-order valence-electron chi connectivity index (χ2n) is 6.44. The molecule has 1 fully saturated rings. The van der Waals surface area contributed by atoms with Crippen LogP contribution in [0.2, 0.25) is 0 Å². The highest BCUT2D eigenvalue weighted by Gasteiger charge is 2.32. The first-order valence-electron chi connectivity index (χ1n) is 9.52.